The predicted molar refractivity (Wildman–Crippen MR) is 47.9 cm³/mol. The molecule has 12 heavy (non-hydrogen) atoms. The van der Waals surface area contributed by atoms with Crippen LogP contribution in [0.15, 0.2) is 0 Å². The largest absolute Gasteiger partial charge is 0.288 e. The Morgan fingerprint density at radius 3 is 2.42 bits per heavy atom. The third kappa shape index (κ3) is 1.39. The van der Waals surface area contributed by atoms with Gasteiger partial charge in [0.25, 0.3) is 0 Å². The van der Waals surface area contributed by atoms with Gasteiger partial charge in [0.15, 0.2) is 5.12 Å². The second-order valence-electron chi connectivity index (χ2n) is 4.15. The van der Waals surface area contributed by atoms with Gasteiger partial charge in [-0.3, -0.25) is 4.79 Å². The van der Waals surface area contributed by atoms with Crippen LogP contribution in [-0.2, 0) is 4.79 Å². The number of hydrogen-bond donors (Lipinski definition) is 0. The lowest BCUT2D eigenvalue weighted by atomic mass is 9.55. The standard InChI is InChI=1S/C9H13FOS/c1-6(11)12-8-4-9(5-8)2-7(10)3-9/h7-8H,2-5H2,1H3. The fraction of sp³-hybridized carbons (Fsp3) is 0.889. The Labute approximate surface area is 76.1 Å². The van der Waals surface area contributed by atoms with E-state index in [4.69, 9.17) is 0 Å². The summed E-state index contributed by atoms with van der Waals surface area (Å²) >= 11 is 1.43. The van der Waals surface area contributed by atoms with E-state index in [-0.39, 0.29) is 5.12 Å². The number of thioether (sulfide) groups is 1. The molecule has 0 aromatic carbocycles. The molecule has 68 valence electrons. The molecule has 0 aromatic rings. The van der Waals surface area contributed by atoms with E-state index in [0.29, 0.717) is 10.7 Å². The summed E-state index contributed by atoms with van der Waals surface area (Å²) in [6.07, 6.45) is 3.09. The Morgan fingerprint density at radius 2 is 2.00 bits per heavy atom. The SMILES string of the molecule is CC(=O)SC1CC2(CC(F)C2)C1. The van der Waals surface area contributed by atoms with Gasteiger partial charge in [-0.25, -0.2) is 4.39 Å². The second-order valence-corrected chi connectivity index (χ2v) is 5.62. The third-order valence-corrected chi connectivity index (χ3v) is 3.96. The van der Waals surface area contributed by atoms with Crippen LogP contribution in [0.25, 0.3) is 0 Å². The molecular weight excluding hydrogens is 175 g/mol. The van der Waals surface area contributed by atoms with Crippen LogP contribution in [0.3, 0.4) is 0 Å². The summed E-state index contributed by atoms with van der Waals surface area (Å²) in [6.45, 7) is 1.61. The molecule has 0 aromatic heterocycles. The van der Waals surface area contributed by atoms with Crippen LogP contribution in [0.5, 0.6) is 0 Å². The zero-order valence-corrected chi connectivity index (χ0v) is 7.99. The molecule has 0 amide bonds. The maximum absolute atomic E-state index is 12.5. The van der Waals surface area contributed by atoms with Crippen LogP contribution in [0, 0.1) is 5.41 Å². The fourth-order valence-electron chi connectivity index (χ4n) is 2.44. The first kappa shape index (κ1) is 8.54. The zero-order valence-electron chi connectivity index (χ0n) is 7.18. The summed E-state index contributed by atoms with van der Waals surface area (Å²) in [5, 5.41) is 0.695. The first-order valence-electron chi connectivity index (χ1n) is 4.41. The second kappa shape index (κ2) is 2.72. The lowest BCUT2D eigenvalue weighted by Crippen LogP contribution is -2.50. The molecule has 0 saturated heterocycles. The first-order chi connectivity index (χ1) is 5.60. The normalized spacial score (nSPS) is 45.2. The topological polar surface area (TPSA) is 17.1 Å². The van der Waals surface area contributed by atoms with E-state index in [1.165, 1.54) is 11.8 Å². The molecule has 0 N–H and O–H groups in total. The van der Waals surface area contributed by atoms with E-state index < -0.39 is 6.17 Å². The van der Waals surface area contributed by atoms with E-state index in [9.17, 15) is 9.18 Å². The smallest absolute Gasteiger partial charge is 0.186 e. The van der Waals surface area contributed by atoms with Crippen molar-refractivity contribution in [2.24, 2.45) is 5.41 Å². The maximum Gasteiger partial charge on any atom is 0.186 e. The molecule has 2 aliphatic carbocycles. The Hall–Kier alpha value is -0.0500. The number of alkyl halides is 1. The summed E-state index contributed by atoms with van der Waals surface area (Å²) in [5.41, 5.74) is 0.326. The molecule has 0 heterocycles. The van der Waals surface area contributed by atoms with Gasteiger partial charge < -0.3 is 0 Å². The van der Waals surface area contributed by atoms with Crippen molar-refractivity contribution in [2.45, 2.75) is 44.0 Å². The zero-order chi connectivity index (χ0) is 8.77. The van der Waals surface area contributed by atoms with E-state index in [1.807, 2.05) is 0 Å². The molecule has 1 spiro atoms. The summed E-state index contributed by atoms with van der Waals surface area (Å²) in [5.74, 6) is 0. The van der Waals surface area contributed by atoms with Crippen LogP contribution in [0.1, 0.15) is 32.6 Å². The fourth-order valence-corrected chi connectivity index (χ4v) is 3.78. The molecule has 0 aliphatic heterocycles. The Balaban J connectivity index is 1.74. The van der Waals surface area contributed by atoms with Crippen molar-refractivity contribution in [1.29, 1.82) is 0 Å². The van der Waals surface area contributed by atoms with Gasteiger partial charge in [0.2, 0.25) is 0 Å². The van der Waals surface area contributed by atoms with E-state index in [1.54, 1.807) is 6.92 Å². The highest BCUT2D eigenvalue weighted by molar-refractivity contribution is 8.14. The van der Waals surface area contributed by atoms with Crippen molar-refractivity contribution in [3.05, 3.63) is 0 Å². The summed E-state index contributed by atoms with van der Waals surface area (Å²) in [4.78, 5) is 10.7. The third-order valence-electron chi connectivity index (χ3n) is 2.96. The van der Waals surface area contributed by atoms with Crippen molar-refractivity contribution in [3.63, 3.8) is 0 Å². The van der Waals surface area contributed by atoms with Crippen molar-refractivity contribution < 1.29 is 9.18 Å². The van der Waals surface area contributed by atoms with Crippen molar-refractivity contribution in [1.82, 2.24) is 0 Å². The average molecular weight is 188 g/mol. The first-order valence-corrected chi connectivity index (χ1v) is 5.29. The van der Waals surface area contributed by atoms with Crippen LogP contribution < -0.4 is 0 Å². The minimum absolute atomic E-state index is 0.200. The molecular formula is C9H13FOS. The van der Waals surface area contributed by atoms with Crippen LogP contribution >= 0.6 is 11.8 Å². The molecule has 0 bridgehead atoms. The molecule has 1 nitrogen and oxygen atoms in total. The van der Waals surface area contributed by atoms with Gasteiger partial charge in [-0.1, -0.05) is 11.8 Å². The molecule has 2 aliphatic rings. The minimum Gasteiger partial charge on any atom is -0.288 e. The average Bonchev–Trinajstić information content (AvgIpc) is 1.78. The van der Waals surface area contributed by atoms with Gasteiger partial charge in [-0.05, 0) is 31.1 Å². The number of halogens is 1. The van der Waals surface area contributed by atoms with Gasteiger partial charge in [0, 0.05) is 12.2 Å². The Morgan fingerprint density at radius 1 is 1.42 bits per heavy atom. The minimum atomic E-state index is -0.548. The molecule has 3 heteroatoms. The quantitative estimate of drug-likeness (QED) is 0.629. The van der Waals surface area contributed by atoms with Crippen LogP contribution in [0.2, 0.25) is 0 Å². The number of rotatable bonds is 1. The van der Waals surface area contributed by atoms with Crippen molar-refractivity contribution in [2.75, 3.05) is 0 Å². The number of carbonyl (C=O) groups excluding carboxylic acids is 1. The van der Waals surface area contributed by atoms with Crippen LogP contribution in [-0.4, -0.2) is 16.5 Å². The highest BCUT2D eigenvalue weighted by Crippen LogP contribution is 2.59. The van der Waals surface area contributed by atoms with E-state index in [0.717, 1.165) is 25.7 Å². The molecule has 0 radical (unpaired) electrons. The highest BCUT2D eigenvalue weighted by Gasteiger charge is 2.53. The molecule has 2 fully saturated rings. The maximum atomic E-state index is 12.5. The van der Waals surface area contributed by atoms with Gasteiger partial charge >= 0.3 is 0 Å². The lowest BCUT2D eigenvalue weighted by Gasteiger charge is -2.55. The summed E-state index contributed by atoms with van der Waals surface area (Å²) < 4.78 is 12.5. The molecule has 2 saturated carbocycles. The monoisotopic (exact) mass is 188 g/mol. The van der Waals surface area contributed by atoms with Crippen molar-refractivity contribution in [3.8, 4) is 0 Å². The number of carbonyl (C=O) groups is 1. The lowest BCUT2D eigenvalue weighted by molar-refractivity contribution is -0.109. The molecule has 0 atom stereocenters. The van der Waals surface area contributed by atoms with Gasteiger partial charge in [-0.2, -0.15) is 0 Å². The van der Waals surface area contributed by atoms with Gasteiger partial charge in [0.05, 0.1) is 0 Å². The van der Waals surface area contributed by atoms with E-state index in [2.05, 4.69) is 0 Å². The Kier molecular flexibility index (Phi) is 1.94. The van der Waals surface area contributed by atoms with Crippen molar-refractivity contribution >= 4 is 16.9 Å². The highest BCUT2D eigenvalue weighted by atomic mass is 32.2. The Bertz CT molecular complexity index is 203. The van der Waals surface area contributed by atoms with Gasteiger partial charge in [0.1, 0.15) is 6.17 Å². The van der Waals surface area contributed by atoms with Gasteiger partial charge in [-0.15, -0.1) is 0 Å². The summed E-state index contributed by atoms with van der Waals surface area (Å²) in [7, 11) is 0. The molecule has 0 unspecified atom stereocenters. The van der Waals surface area contributed by atoms with Crippen LogP contribution in [0.4, 0.5) is 4.39 Å². The molecule has 2 rings (SSSR count). The number of hydrogen-bond acceptors (Lipinski definition) is 2. The van der Waals surface area contributed by atoms with E-state index >= 15 is 0 Å². The summed E-state index contributed by atoms with van der Waals surface area (Å²) in [6, 6.07) is 0. The predicted octanol–water partition coefficient (Wildman–Crippen LogP) is 2.55.